The maximum Gasteiger partial charge on any atom is 0.259 e. The van der Waals surface area contributed by atoms with E-state index < -0.39 is 0 Å². The Morgan fingerprint density at radius 2 is 2.00 bits per heavy atom. The van der Waals surface area contributed by atoms with E-state index in [4.69, 9.17) is 23.2 Å². The van der Waals surface area contributed by atoms with E-state index in [9.17, 15) is 4.79 Å². The number of hydrogen-bond donors (Lipinski definition) is 1. The van der Waals surface area contributed by atoms with Crippen molar-refractivity contribution in [2.24, 2.45) is 0 Å². The van der Waals surface area contributed by atoms with E-state index in [1.54, 1.807) is 18.2 Å². The van der Waals surface area contributed by atoms with Crippen LogP contribution < -0.4 is 5.32 Å². The molecule has 92 valence electrons. The number of nitrogens with one attached hydrogen (secondary N) is 1. The van der Waals surface area contributed by atoms with Gasteiger partial charge in [-0.3, -0.25) is 4.79 Å². The first-order chi connectivity index (χ1) is 7.91. The van der Waals surface area contributed by atoms with Crippen molar-refractivity contribution in [3.8, 4) is 0 Å². The molecule has 0 unspecified atom stereocenters. The summed E-state index contributed by atoms with van der Waals surface area (Å²) in [4.78, 5) is 11.7. The average molecular weight is 561 g/mol. The summed E-state index contributed by atoms with van der Waals surface area (Å²) in [7, 11) is 0. The molecule has 0 saturated carbocycles. The summed E-state index contributed by atoms with van der Waals surface area (Å²) in [5, 5.41) is 3.90. The number of halogens is 5. The molecular weight excluding hydrogens is 555 g/mol. The molecule has 1 rings (SSSR count). The lowest BCUT2D eigenvalue weighted by molar-refractivity contribution is -0.116. The highest BCUT2D eigenvalue weighted by atomic mass is 127. The van der Waals surface area contributed by atoms with E-state index in [0.717, 1.165) is 8.05 Å². The van der Waals surface area contributed by atoms with Gasteiger partial charge in [0.2, 0.25) is 0 Å². The standard InChI is InChI=1S/C10H6BrCl2I2NO/c11-9(15)8(14)10(17)16-4-5-1-2-6(12)3-7(5)13/h1-3H,4H2,(H,16,17). The summed E-state index contributed by atoms with van der Waals surface area (Å²) in [6.07, 6.45) is 0. The van der Waals surface area contributed by atoms with E-state index in [2.05, 4.69) is 21.2 Å². The van der Waals surface area contributed by atoms with Crippen LogP contribution in [0.25, 0.3) is 0 Å². The van der Waals surface area contributed by atoms with E-state index in [1.165, 1.54) is 0 Å². The van der Waals surface area contributed by atoms with Crippen molar-refractivity contribution in [2.45, 2.75) is 6.54 Å². The maximum absolute atomic E-state index is 11.7. The molecular formula is C10H6BrCl2I2NO. The third kappa shape index (κ3) is 5.22. The molecule has 0 heterocycles. The fraction of sp³-hybridized carbons (Fsp3) is 0.100. The molecule has 2 nitrogen and oxygen atoms in total. The molecule has 0 spiro atoms. The van der Waals surface area contributed by atoms with Crippen LogP contribution in [0, 0.1) is 0 Å². The SMILES string of the molecule is O=C(NCc1ccc(Cl)cc1Cl)C(I)=C(Br)I. The van der Waals surface area contributed by atoms with Gasteiger partial charge in [-0.1, -0.05) is 29.3 Å². The Hall–Kier alpha value is 0.950. The van der Waals surface area contributed by atoms with Crippen molar-refractivity contribution in [2.75, 3.05) is 0 Å². The molecule has 0 aliphatic heterocycles. The Morgan fingerprint density at radius 3 is 2.53 bits per heavy atom. The Morgan fingerprint density at radius 1 is 1.35 bits per heavy atom. The van der Waals surface area contributed by atoms with Gasteiger partial charge in [0.15, 0.2) is 0 Å². The highest BCUT2D eigenvalue weighted by Crippen LogP contribution is 2.25. The van der Waals surface area contributed by atoms with Crippen LogP contribution in [0.4, 0.5) is 0 Å². The third-order valence-electron chi connectivity index (χ3n) is 1.82. The van der Waals surface area contributed by atoms with Crippen molar-refractivity contribution in [3.63, 3.8) is 0 Å². The van der Waals surface area contributed by atoms with Gasteiger partial charge in [0, 0.05) is 16.6 Å². The van der Waals surface area contributed by atoms with Gasteiger partial charge < -0.3 is 5.32 Å². The predicted octanol–water partition coefficient (Wildman–Crippen LogP) is 5.04. The van der Waals surface area contributed by atoms with Crippen LogP contribution in [0.15, 0.2) is 24.3 Å². The summed E-state index contributed by atoms with van der Waals surface area (Å²) in [5.74, 6) is -0.141. The van der Waals surface area contributed by atoms with Gasteiger partial charge >= 0.3 is 0 Å². The minimum Gasteiger partial charge on any atom is -0.347 e. The summed E-state index contributed by atoms with van der Waals surface area (Å²) < 4.78 is 1.38. The Balaban J connectivity index is 2.69. The number of amides is 1. The molecule has 0 aliphatic carbocycles. The van der Waals surface area contributed by atoms with E-state index in [1.807, 2.05) is 45.2 Å². The highest BCUT2D eigenvalue weighted by Gasteiger charge is 2.09. The van der Waals surface area contributed by atoms with E-state index in [-0.39, 0.29) is 5.91 Å². The van der Waals surface area contributed by atoms with Crippen molar-refractivity contribution in [1.82, 2.24) is 5.32 Å². The summed E-state index contributed by atoms with van der Waals surface area (Å²) in [6, 6.07) is 5.18. The van der Waals surface area contributed by atoms with Gasteiger partial charge in [-0.15, -0.1) is 0 Å². The zero-order chi connectivity index (χ0) is 13.0. The maximum atomic E-state index is 11.7. The van der Waals surface area contributed by atoms with Crippen molar-refractivity contribution in [3.05, 3.63) is 39.9 Å². The molecule has 7 heteroatoms. The third-order valence-corrected chi connectivity index (χ3v) is 6.15. The Bertz CT molecular complexity index is 475. The van der Waals surface area contributed by atoms with Gasteiger partial charge in [0.25, 0.3) is 5.91 Å². The van der Waals surface area contributed by atoms with Crippen LogP contribution in [-0.2, 0) is 11.3 Å². The second kappa shape index (κ2) is 7.52. The lowest BCUT2D eigenvalue weighted by Gasteiger charge is -2.07. The minimum absolute atomic E-state index is 0.141. The van der Waals surface area contributed by atoms with E-state index in [0.29, 0.717) is 20.2 Å². The number of carbonyl (C=O) groups excluding carboxylic acids is 1. The van der Waals surface area contributed by atoms with Gasteiger partial charge in [0.1, 0.15) is 0 Å². The molecule has 0 aliphatic rings. The van der Waals surface area contributed by atoms with Gasteiger partial charge in [-0.05, 0) is 78.8 Å². The molecule has 0 radical (unpaired) electrons. The number of hydrogen-bond acceptors (Lipinski definition) is 1. The molecule has 0 fully saturated rings. The van der Waals surface area contributed by atoms with Gasteiger partial charge in [-0.2, -0.15) is 0 Å². The van der Waals surface area contributed by atoms with Crippen LogP contribution in [0.1, 0.15) is 5.56 Å². The highest BCUT2D eigenvalue weighted by molar-refractivity contribution is 14.1. The zero-order valence-electron chi connectivity index (χ0n) is 8.24. The van der Waals surface area contributed by atoms with Crippen molar-refractivity contribution < 1.29 is 4.79 Å². The first-order valence-electron chi connectivity index (χ1n) is 4.34. The molecule has 0 saturated heterocycles. The van der Waals surface area contributed by atoms with Gasteiger partial charge in [-0.25, -0.2) is 0 Å². The van der Waals surface area contributed by atoms with Crippen LogP contribution in [0.2, 0.25) is 10.0 Å². The second-order valence-electron chi connectivity index (χ2n) is 2.99. The molecule has 0 bridgehead atoms. The molecule has 1 amide bonds. The normalized spacial score (nSPS) is 12.1. The molecule has 0 aromatic heterocycles. The number of carbonyl (C=O) groups is 1. The Labute approximate surface area is 145 Å². The lowest BCUT2D eigenvalue weighted by atomic mass is 10.2. The first-order valence-corrected chi connectivity index (χ1v) is 8.05. The zero-order valence-corrected chi connectivity index (χ0v) is 15.7. The topological polar surface area (TPSA) is 29.1 Å². The number of benzene rings is 1. The van der Waals surface area contributed by atoms with Crippen LogP contribution in [-0.4, -0.2) is 5.91 Å². The smallest absolute Gasteiger partial charge is 0.259 e. The molecule has 17 heavy (non-hydrogen) atoms. The largest absolute Gasteiger partial charge is 0.347 e. The molecule has 1 N–H and O–H groups in total. The quantitative estimate of drug-likeness (QED) is 0.407. The molecule has 1 aromatic rings. The fourth-order valence-electron chi connectivity index (χ4n) is 1.00. The van der Waals surface area contributed by atoms with Crippen LogP contribution >= 0.6 is 84.3 Å². The molecule has 0 atom stereocenters. The van der Waals surface area contributed by atoms with E-state index >= 15 is 0 Å². The summed E-state index contributed by atoms with van der Waals surface area (Å²) >= 11 is 19.0. The van der Waals surface area contributed by atoms with Crippen LogP contribution in [0.5, 0.6) is 0 Å². The fourth-order valence-corrected chi connectivity index (χ4v) is 2.09. The lowest BCUT2D eigenvalue weighted by Crippen LogP contribution is -2.22. The monoisotopic (exact) mass is 559 g/mol. The molecule has 1 aromatic carbocycles. The Kier molecular flexibility index (Phi) is 7.08. The predicted molar refractivity (Wildman–Crippen MR) is 92.3 cm³/mol. The van der Waals surface area contributed by atoms with Crippen molar-refractivity contribution in [1.29, 1.82) is 0 Å². The van der Waals surface area contributed by atoms with Crippen LogP contribution in [0.3, 0.4) is 0 Å². The second-order valence-corrected chi connectivity index (χ2v) is 8.27. The average Bonchev–Trinajstić information content (AvgIpc) is 2.26. The van der Waals surface area contributed by atoms with Crippen molar-refractivity contribution >= 4 is 90.2 Å². The minimum atomic E-state index is -0.141. The first kappa shape index (κ1) is 16.0. The summed E-state index contributed by atoms with van der Waals surface area (Å²) in [5.41, 5.74) is 0.832. The summed E-state index contributed by atoms with van der Waals surface area (Å²) in [6.45, 7) is 0.373. The van der Waals surface area contributed by atoms with Gasteiger partial charge in [0.05, 0.1) is 6.07 Å². The number of rotatable bonds is 3.